The summed E-state index contributed by atoms with van der Waals surface area (Å²) in [5, 5.41) is 2.37. The summed E-state index contributed by atoms with van der Waals surface area (Å²) in [4.78, 5) is 14.8. The summed E-state index contributed by atoms with van der Waals surface area (Å²) >= 11 is 0. The molecule has 0 saturated heterocycles. The highest BCUT2D eigenvalue weighted by Crippen LogP contribution is 2.39. The molecule has 0 amide bonds. The first-order valence-corrected chi connectivity index (χ1v) is 14.6. The van der Waals surface area contributed by atoms with Gasteiger partial charge in [0.1, 0.15) is 0 Å². The van der Waals surface area contributed by atoms with Crippen molar-refractivity contribution in [1.29, 1.82) is 0 Å². The Hall–Kier alpha value is -5.87. The predicted octanol–water partition coefficient (Wildman–Crippen LogP) is 9.98. The fraction of sp³-hybridized carbons (Fsp3) is 0.0250. The van der Waals surface area contributed by atoms with E-state index in [4.69, 9.17) is 19.7 Å². The largest absolute Gasteiger partial charge is 0.504 e. The smallest absolute Gasteiger partial charge is 0.164 e. The molecule has 4 nitrogen and oxygen atoms in total. The zero-order valence-corrected chi connectivity index (χ0v) is 24.3. The van der Waals surface area contributed by atoms with Crippen molar-refractivity contribution in [2.75, 3.05) is 7.11 Å². The molecule has 0 N–H and O–H groups in total. The Morgan fingerprint density at radius 3 is 1.61 bits per heavy atom. The van der Waals surface area contributed by atoms with Gasteiger partial charge in [-0.2, -0.15) is 0 Å². The number of benzene rings is 6. The molecule has 6 aromatic carbocycles. The van der Waals surface area contributed by atoms with Gasteiger partial charge in [-0.3, -0.25) is 0 Å². The van der Waals surface area contributed by atoms with Gasteiger partial charge < -0.3 is 4.74 Å². The normalized spacial score (nSPS) is 11.2. The van der Waals surface area contributed by atoms with Gasteiger partial charge in [-0.1, -0.05) is 140 Å². The number of methoxy groups -OCH3 is 1. The van der Waals surface area contributed by atoms with Gasteiger partial charge in [0.15, 0.2) is 17.5 Å². The number of rotatable bonds is 7. The van der Waals surface area contributed by atoms with Gasteiger partial charge in [0.05, 0.1) is 13.4 Å². The molecule has 0 spiro atoms. The molecule has 7 rings (SSSR count). The van der Waals surface area contributed by atoms with Crippen LogP contribution in [0.5, 0.6) is 0 Å². The van der Waals surface area contributed by atoms with Crippen LogP contribution in [0.1, 0.15) is 5.56 Å². The van der Waals surface area contributed by atoms with E-state index in [0.29, 0.717) is 17.5 Å². The molecule has 0 aliphatic heterocycles. The first-order valence-electron chi connectivity index (χ1n) is 14.6. The van der Waals surface area contributed by atoms with E-state index in [-0.39, 0.29) is 0 Å². The molecule has 7 aromatic rings. The summed E-state index contributed by atoms with van der Waals surface area (Å²) in [5.74, 6) is 1.93. The van der Waals surface area contributed by atoms with Gasteiger partial charge in [-0.05, 0) is 50.7 Å². The molecule has 0 atom stereocenters. The van der Waals surface area contributed by atoms with Crippen LogP contribution in [0, 0.1) is 0 Å². The molecule has 4 heteroatoms. The second-order valence-corrected chi connectivity index (χ2v) is 10.5. The maximum Gasteiger partial charge on any atom is 0.164 e. The summed E-state index contributed by atoms with van der Waals surface area (Å²) in [5.41, 5.74) is 8.47. The fourth-order valence-corrected chi connectivity index (χ4v) is 5.60. The summed E-state index contributed by atoms with van der Waals surface area (Å²) < 4.78 is 5.25. The minimum Gasteiger partial charge on any atom is -0.504 e. The fourth-order valence-electron chi connectivity index (χ4n) is 5.60. The van der Waals surface area contributed by atoms with Crippen molar-refractivity contribution in [3.05, 3.63) is 157 Å². The van der Waals surface area contributed by atoms with Crippen LogP contribution in [-0.4, -0.2) is 22.1 Å². The van der Waals surface area contributed by atoms with Crippen molar-refractivity contribution in [2.24, 2.45) is 0 Å². The SMILES string of the molecule is CO/C=C/c1ccccc1-c1cccc2cccc(-c3cccc(-c4nc(-c5ccccc5)nc(-c5ccccc5)n4)c3)c12. The number of hydrogen-bond acceptors (Lipinski definition) is 4. The summed E-state index contributed by atoms with van der Waals surface area (Å²) in [6.45, 7) is 0. The standard InChI is InChI=1S/C40H29N3O/c1-44-26-25-28-13-8-9-22-34(28)36-24-12-19-29-18-11-23-35(37(29)36)32-20-10-21-33(27-32)40-42-38(30-14-4-2-5-15-30)41-39(43-40)31-16-6-3-7-17-31/h2-27H,1H3/b26-25+. The number of hydrogen-bond donors (Lipinski definition) is 0. The first-order chi connectivity index (χ1) is 21.8. The Labute approximate surface area is 257 Å². The van der Waals surface area contributed by atoms with Gasteiger partial charge in [-0.25, -0.2) is 15.0 Å². The minimum atomic E-state index is 0.634. The molecule has 0 bridgehead atoms. The molecule has 0 saturated carbocycles. The molecule has 1 heterocycles. The lowest BCUT2D eigenvalue weighted by Gasteiger charge is -2.15. The van der Waals surface area contributed by atoms with Crippen LogP contribution in [0.3, 0.4) is 0 Å². The predicted molar refractivity (Wildman–Crippen MR) is 181 cm³/mol. The first kappa shape index (κ1) is 27.0. The quantitative estimate of drug-likeness (QED) is 0.180. The zero-order chi connectivity index (χ0) is 29.7. The maximum absolute atomic E-state index is 5.25. The van der Waals surface area contributed by atoms with E-state index in [2.05, 4.69) is 84.9 Å². The molecular weight excluding hydrogens is 538 g/mol. The third-order valence-electron chi connectivity index (χ3n) is 7.67. The second-order valence-electron chi connectivity index (χ2n) is 10.5. The van der Waals surface area contributed by atoms with Crippen molar-refractivity contribution < 1.29 is 4.74 Å². The van der Waals surface area contributed by atoms with Gasteiger partial charge in [-0.15, -0.1) is 0 Å². The summed E-state index contributed by atoms with van der Waals surface area (Å²) in [7, 11) is 1.67. The molecule has 0 aliphatic carbocycles. The van der Waals surface area contributed by atoms with Crippen LogP contribution in [0.2, 0.25) is 0 Å². The van der Waals surface area contributed by atoms with E-state index in [9.17, 15) is 0 Å². The average Bonchev–Trinajstić information content (AvgIpc) is 3.11. The number of ether oxygens (including phenoxy) is 1. The number of fused-ring (bicyclic) bond motifs is 1. The van der Waals surface area contributed by atoms with Gasteiger partial charge >= 0.3 is 0 Å². The van der Waals surface area contributed by atoms with Gasteiger partial charge in [0.2, 0.25) is 0 Å². The Kier molecular flexibility index (Phi) is 7.46. The lowest BCUT2D eigenvalue weighted by molar-refractivity contribution is 0.341. The van der Waals surface area contributed by atoms with Crippen LogP contribution in [0.15, 0.2) is 152 Å². The van der Waals surface area contributed by atoms with Crippen molar-refractivity contribution in [2.45, 2.75) is 0 Å². The third kappa shape index (κ3) is 5.37. The van der Waals surface area contributed by atoms with E-state index < -0.39 is 0 Å². The zero-order valence-electron chi connectivity index (χ0n) is 24.3. The van der Waals surface area contributed by atoms with Crippen LogP contribution < -0.4 is 0 Å². The Morgan fingerprint density at radius 2 is 0.955 bits per heavy atom. The molecule has 0 radical (unpaired) electrons. The maximum atomic E-state index is 5.25. The summed E-state index contributed by atoms with van der Waals surface area (Å²) in [6, 6.07) is 50.0. The highest BCUT2D eigenvalue weighted by atomic mass is 16.5. The lowest BCUT2D eigenvalue weighted by atomic mass is 9.89. The molecule has 210 valence electrons. The molecule has 44 heavy (non-hydrogen) atoms. The topological polar surface area (TPSA) is 47.9 Å². The Balaban J connectivity index is 1.40. The van der Waals surface area contributed by atoms with E-state index in [1.807, 2.05) is 66.7 Å². The van der Waals surface area contributed by atoms with E-state index in [1.54, 1.807) is 13.4 Å². The Morgan fingerprint density at radius 1 is 0.455 bits per heavy atom. The van der Waals surface area contributed by atoms with Crippen molar-refractivity contribution >= 4 is 16.8 Å². The number of nitrogens with zero attached hydrogens (tertiary/aromatic N) is 3. The third-order valence-corrected chi connectivity index (χ3v) is 7.67. The van der Waals surface area contributed by atoms with Gasteiger partial charge in [0, 0.05) is 16.7 Å². The van der Waals surface area contributed by atoms with Crippen LogP contribution in [0.4, 0.5) is 0 Å². The molecular formula is C40H29N3O. The number of aromatic nitrogens is 3. The highest BCUT2D eigenvalue weighted by molar-refractivity contribution is 6.07. The van der Waals surface area contributed by atoms with Crippen molar-refractivity contribution in [3.8, 4) is 56.4 Å². The van der Waals surface area contributed by atoms with Crippen molar-refractivity contribution in [1.82, 2.24) is 15.0 Å². The summed E-state index contributed by atoms with van der Waals surface area (Å²) in [6.07, 6.45) is 3.73. The van der Waals surface area contributed by atoms with E-state index in [0.717, 1.165) is 44.5 Å². The van der Waals surface area contributed by atoms with E-state index in [1.165, 1.54) is 10.8 Å². The monoisotopic (exact) mass is 567 g/mol. The van der Waals surface area contributed by atoms with Gasteiger partial charge in [0.25, 0.3) is 0 Å². The van der Waals surface area contributed by atoms with E-state index >= 15 is 0 Å². The van der Waals surface area contributed by atoms with Crippen molar-refractivity contribution in [3.63, 3.8) is 0 Å². The molecule has 0 unspecified atom stereocenters. The molecule has 0 fully saturated rings. The average molecular weight is 568 g/mol. The molecule has 0 aliphatic rings. The van der Waals surface area contributed by atoms with Crippen LogP contribution in [-0.2, 0) is 4.74 Å². The van der Waals surface area contributed by atoms with Crippen LogP contribution in [0.25, 0.3) is 73.3 Å². The Bertz CT molecular complexity index is 2040. The minimum absolute atomic E-state index is 0.634. The second kappa shape index (κ2) is 12.2. The van der Waals surface area contributed by atoms with Crippen LogP contribution >= 0.6 is 0 Å². The molecule has 1 aromatic heterocycles. The lowest BCUT2D eigenvalue weighted by Crippen LogP contribution is -2.00. The highest BCUT2D eigenvalue weighted by Gasteiger charge is 2.15.